The van der Waals surface area contributed by atoms with E-state index >= 15 is 0 Å². The summed E-state index contributed by atoms with van der Waals surface area (Å²) in [6, 6.07) is 19.3. The lowest BCUT2D eigenvalue weighted by molar-refractivity contribution is 0.0858. The van der Waals surface area contributed by atoms with E-state index in [1.54, 1.807) is 6.07 Å². The fraction of sp³-hybridized carbons (Fsp3) is 0.379. The summed E-state index contributed by atoms with van der Waals surface area (Å²) in [6.07, 6.45) is 4.30. The number of carbonyl (C=O) groups is 2. The van der Waals surface area contributed by atoms with Crippen molar-refractivity contribution < 1.29 is 14.3 Å². The number of amides is 2. The minimum absolute atomic E-state index is 0.0778. The van der Waals surface area contributed by atoms with Crippen molar-refractivity contribution in [3.8, 4) is 0 Å². The maximum Gasteiger partial charge on any atom is 0.255 e. The van der Waals surface area contributed by atoms with E-state index in [-0.39, 0.29) is 17.9 Å². The molecule has 2 N–H and O–H groups in total. The summed E-state index contributed by atoms with van der Waals surface area (Å²) in [5.41, 5.74) is 2.71. The molecule has 3 aromatic rings. The fourth-order valence-corrected chi connectivity index (χ4v) is 4.96. The highest BCUT2D eigenvalue weighted by Crippen LogP contribution is 2.29. The highest BCUT2D eigenvalue weighted by Gasteiger charge is 2.23. The number of nitrogens with one attached hydrogen (secondary N) is 2. The van der Waals surface area contributed by atoms with Gasteiger partial charge < -0.3 is 20.3 Å². The predicted molar refractivity (Wildman–Crippen MR) is 140 cm³/mol. The second-order valence-corrected chi connectivity index (χ2v) is 9.76. The second kappa shape index (κ2) is 10.5. The number of hydrogen-bond donors (Lipinski definition) is 2. The summed E-state index contributed by atoms with van der Waals surface area (Å²) in [6.45, 7) is 5.39. The van der Waals surface area contributed by atoms with Gasteiger partial charge in [0.15, 0.2) is 0 Å². The number of benzene rings is 3. The maximum atomic E-state index is 13.3. The quantitative estimate of drug-likeness (QED) is 0.516. The van der Waals surface area contributed by atoms with E-state index in [1.165, 1.54) is 0 Å². The number of ether oxygens (including phenoxy) is 1. The molecule has 0 spiro atoms. The molecule has 182 valence electrons. The number of nitrogens with zero attached hydrogens (tertiary/aromatic N) is 1. The summed E-state index contributed by atoms with van der Waals surface area (Å²) >= 11 is 0. The van der Waals surface area contributed by atoms with E-state index in [1.807, 2.05) is 54.6 Å². The Morgan fingerprint density at radius 1 is 0.943 bits per heavy atom. The first-order valence-corrected chi connectivity index (χ1v) is 12.7. The summed E-state index contributed by atoms with van der Waals surface area (Å²) < 4.78 is 5.67. The summed E-state index contributed by atoms with van der Waals surface area (Å²) in [5, 5.41) is 8.16. The molecule has 6 nitrogen and oxygen atoms in total. The molecule has 2 aliphatic heterocycles. The highest BCUT2D eigenvalue weighted by atomic mass is 16.5. The molecule has 1 unspecified atom stereocenters. The predicted octanol–water partition coefficient (Wildman–Crippen LogP) is 5.24. The van der Waals surface area contributed by atoms with Crippen molar-refractivity contribution in [2.24, 2.45) is 5.92 Å². The van der Waals surface area contributed by atoms with E-state index in [9.17, 15) is 9.59 Å². The molecule has 0 saturated carbocycles. The molecule has 3 aromatic carbocycles. The summed E-state index contributed by atoms with van der Waals surface area (Å²) in [4.78, 5) is 28.6. The maximum absolute atomic E-state index is 13.3. The van der Waals surface area contributed by atoms with Crippen molar-refractivity contribution in [2.45, 2.75) is 38.7 Å². The van der Waals surface area contributed by atoms with Gasteiger partial charge in [0.05, 0.1) is 11.7 Å². The normalized spacial score (nSPS) is 18.5. The first-order chi connectivity index (χ1) is 17.1. The van der Waals surface area contributed by atoms with Crippen LogP contribution in [0.5, 0.6) is 0 Å². The van der Waals surface area contributed by atoms with Crippen LogP contribution in [0.3, 0.4) is 0 Å². The van der Waals surface area contributed by atoms with Crippen molar-refractivity contribution in [3.63, 3.8) is 0 Å². The molecular formula is C29H33N3O3. The van der Waals surface area contributed by atoms with E-state index in [0.29, 0.717) is 29.3 Å². The largest absolute Gasteiger partial charge is 0.376 e. The monoisotopic (exact) mass is 471 g/mol. The van der Waals surface area contributed by atoms with Gasteiger partial charge in [0.2, 0.25) is 0 Å². The number of hydrogen-bond acceptors (Lipinski definition) is 4. The van der Waals surface area contributed by atoms with Crippen molar-refractivity contribution >= 4 is 34.0 Å². The van der Waals surface area contributed by atoms with Crippen molar-refractivity contribution in [1.82, 2.24) is 5.32 Å². The van der Waals surface area contributed by atoms with Gasteiger partial charge >= 0.3 is 0 Å². The Balaban J connectivity index is 1.37. The molecule has 0 radical (unpaired) electrons. The van der Waals surface area contributed by atoms with Crippen LogP contribution >= 0.6 is 0 Å². The van der Waals surface area contributed by atoms with Crippen LogP contribution in [0.2, 0.25) is 0 Å². The van der Waals surface area contributed by atoms with Gasteiger partial charge in [-0.15, -0.1) is 0 Å². The first kappa shape index (κ1) is 23.4. The molecule has 1 atom stereocenters. The van der Waals surface area contributed by atoms with Gasteiger partial charge in [-0.3, -0.25) is 9.59 Å². The van der Waals surface area contributed by atoms with Crippen molar-refractivity contribution in [2.75, 3.05) is 36.5 Å². The lowest BCUT2D eigenvalue weighted by Crippen LogP contribution is -2.36. The summed E-state index contributed by atoms with van der Waals surface area (Å²) in [7, 11) is 0. The molecule has 2 fully saturated rings. The van der Waals surface area contributed by atoms with Gasteiger partial charge in [0.25, 0.3) is 11.8 Å². The first-order valence-electron chi connectivity index (χ1n) is 12.7. The van der Waals surface area contributed by atoms with Crippen LogP contribution in [0, 0.1) is 5.92 Å². The SMILES string of the molecule is CC1CCN(c2ccc(NC(=O)c3ccc4ccccc4c3)cc2C(=O)NCC2CCCO2)CC1. The van der Waals surface area contributed by atoms with E-state index in [0.717, 1.165) is 61.8 Å². The zero-order valence-electron chi connectivity index (χ0n) is 20.3. The van der Waals surface area contributed by atoms with Crippen LogP contribution in [0.4, 0.5) is 11.4 Å². The third-order valence-corrected chi connectivity index (χ3v) is 7.15. The lowest BCUT2D eigenvalue weighted by Gasteiger charge is -2.33. The minimum Gasteiger partial charge on any atom is -0.376 e. The van der Waals surface area contributed by atoms with Crippen molar-refractivity contribution in [3.05, 3.63) is 71.8 Å². The molecule has 0 aromatic heterocycles. The number of fused-ring (bicyclic) bond motifs is 1. The van der Waals surface area contributed by atoms with Gasteiger partial charge in [0, 0.05) is 43.2 Å². The summed E-state index contributed by atoms with van der Waals surface area (Å²) in [5.74, 6) is 0.375. The number of piperidine rings is 1. The molecule has 2 saturated heterocycles. The van der Waals surface area contributed by atoms with Gasteiger partial charge in [-0.25, -0.2) is 0 Å². The second-order valence-electron chi connectivity index (χ2n) is 9.76. The highest BCUT2D eigenvalue weighted by molar-refractivity contribution is 6.08. The molecule has 35 heavy (non-hydrogen) atoms. The fourth-order valence-electron chi connectivity index (χ4n) is 4.96. The number of anilines is 2. The van der Waals surface area contributed by atoms with E-state index in [4.69, 9.17) is 4.74 Å². The Bertz CT molecular complexity index is 1210. The zero-order chi connectivity index (χ0) is 24.2. The van der Waals surface area contributed by atoms with Gasteiger partial charge in [-0.2, -0.15) is 0 Å². The Morgan fingerprint density at radius 2 is 1.74 bits per heavy atom. The third-order valence-electron chi connectivity index (χ3n) is 7.15. The number of carbonyl (C=O) groups excluding carboxylic acids is 2. The molecule has 2 aliphatic rings. The van der Waals surface area contributed by atoms with Crippen LogP contribution in [0.25, 0.3) is 10.8 Å². The van der Waals surface area contributed by atoms with Gasteiger partial charge in [0.1, 0.15) is 0 Å². The standard InChI is InChI=1S/C29H33N3O3/c1-20-12-14-32(15-13-20)27-11-10-24(18-26(27)29(34)30-19-25-7-4-16-35-25)31-28(33)23-9-8-21-5-2-3-6-22(21)17-23/h2-3,5-6,8-11,17-18,20,25H,4,7,12-16,19H2,1H3,(H,30,34)(H,31,33). The zero-order valence-corrected chi connectivity index (χ0v) is 20.3. The molecule has 0 bridgehead atoms. The molecule has 5 rings (SSSR count). The van der Waals surface area contributed by atoms with E-state index < -0.39 is 0 Å². The van der Waals surface area contributed by atoms with Gasteiger partial charge in [-0.1, -0.05) is 37.3 Å². The minimum atomic E-state index is -0.194. The Hall–Kier alpha value is -3.38. The lowest BCUT2D eigenvalue weighted by atomic mass is 9.97. The molecule has 2 amide bonds. The molecule has 2 heterocycles. The molecule has 6 heteroatoms. The average molecular weight is 472 g/mol. The molecular weight excluding hydrogens is 438 g/mol. The van der Waals surface area contributed by atoms with Crippen molar-refractivity contribution in [1.29, 1.82) is 0 Å². The Labute approximate surface area is 206 Å². The molecule has 0 aliphatic carbocycles. The van der Waals surface area contributed by atoms with Crippen LogP contribution in [0.1, 0.15) is 53.3 Å². The topological polar surface area (TPSA) is 70.7 Å². The number of rotatable bonds is 6. The van der Waals surface area contributed by atoms with Crippen LogP contribution in [-0.2, 0) is 4.74 Å². The van der Waals surface area contributed by atoms with Crippen LogP contribution < -0.4 is 15.5 Å². The van der Waals surface area contributed by atoms with Crippen LogP contribution in [-0.4, -0.2) is 44.2 Å². The Kier molecular flexibility index (Phi) is 7.00. The third kappa shape index (κ3) is 5.49. The Morgan fingerprint density at radius 3 is 2.51 bits per heavy atom. The smallest absolute Gasteiger partial charge is 0.255 e. The van der Waals surface area contributed by atoms with Crippen LogP contribution in [0.15, 0.2) is 60.7 Å². The van der Waals surface area contributed by atoms with E-state index in [2.05, 4.69) is 22.5 Å². The van der Waals surface area contributed by atoms with Gasteiger partial charge in [-0.05, 0) is 72.7 Å². The average Bonchev–Trinajstić information content (AvgIpc) is 3.41.